The Morgan fingerprint density at radius 3 is 2.41 bits per heavy atom. The van der Waals surface area contributed by atoms with Crippen LogP contribution in [0.1, 0.15) is 27.2 Å². The van der Waals surface area contributed by atoms with Crippen LogP contribution in [-0.4, -0.2) is 65.8 Å². The van der Waals surface area contributed by atoms with Crippen LogP contribution < -0.4 is 5.32 Å². The van der Waals surface area contributed by atoms with Gasteiger partial charge in [0.05, 0.1) is 0 Å². The number of nitrogens with one attached hydrogen (secondary N) is 1. The van der Waals surface area contributed by atoms with Crippen LogP contribution in [-0.2, 0) is 0 Å². The van der Waals surface area contributed by atoms with Crippen molar-refractivity contribution < 1.29 is 9.90 Å². The molecule has 1 aliphatic heterocycles. The number of amides is 1. The van der Waals surface area contributed by atoms with Crippen molar-refractivity contribution in [1.82, 2.24) is 15.1 Å². The van der Waals surface area contributed by atoms with Crippen molar-refractivity contribution in [2.24, 2.45) is 0 Å². The first-order valence-corrected chi connectivity index (χ1v) is 6.35. The normalized spacial score (nSPS) is 18.1. The zero-order valence-electron chi connectivity index (χ0n) is 11.2. The maximum absolute atomic E-state index is 11.1. The average molecular weight is 243 g/mol. The Bertz CT molecular complexity index is 245. The first-order valence-electron chi connectivity index (χ1n) is 6.35. The SMILES string of the molecule is CC(C)(C)N(CCCN1CCNCC1)C(=O)O. The Kier molecular flexibility index (Phi) is 5.21. The van der Waals surface area contributed by atoms with Gasteiger partial charge in [-0.05, 0) is 33.7 Å². The first kappa shape index (κ1) is 14.3. The highest BCUT2D eigenvalue weighted by Gasteiger charge is 2.25. The summed E-state index contributed by atoms with van der Waals surface area (Å²) in [7, 11) is 0. The molecule has 1 rings (SSSR count). The van der Waals surface area contributed by atoms with Gasteiger partial charge in [0.1, 0.15) is 0 Å². The summed E-state index contributed by atoms with van der Waals surface area (Å²) in [4.78, 5) is 15.0. The highest BCUT2D eigenvalue weighted by atomic mass is 16.4. The Labute approximate surface area is 104 Å². The molecule has 0 atom stereocenters. The Balaban J connectivity index is 2.29. The monoisotopic (exact) mass is 243 g/mol. The standard InChI is InChI=1S/C12H25N3O2/c1-12(2,3)15(11(16)17)8-4-7-14-9-5-13-6-10-14/h13H,4-10H2,1-3H3,(H,16,17). The molecule has 5 nitrogen and oxygen atoms in total. The van der Waals surface area contributed by atoms with Crippen LogP contribution in [0.4, 0.5) is 4.79 Å². The van der Waals surface area contributed by atoms with E-state index in [0.29, 0.717) is 6.54 Å². The smallest absolute Gasteiger partial charge is 0.407 e. The van der Waals surface area contributed by atoms with E-state index in [1.54, 1.807) is 0 Å². The molecule has 0 aliphatic carbocycles. The van der Waals surface area contributed by atoms with Crippen molar-refractivity contribution in [3.05, 3.63) is 0 Å². The topological polar surface area (TPSA) is 55.8 Å². The number of carboxylic acid groups (broad SMARTS) is 1. The molecule has 2 N–H and O–H groups in total. The van der Waals surface area contributed by atoms with Crippen LogP contribution in [0.5, 0.6) is 0 Å². The molecule has 1 aliphatic rings. The second-order valence-electron chi connectivity index (χ2n) is 5.55. The molecular weight excluding hydrogens is 218 g/mol. The van der Waals surface area contributed by atoms with Gasteiger partial charge in [0, 0.05) is 38.3 Å². The predicted octanol–water partition coefficient (Wildman–Crippen LogP) is 1.06. The van der Waals surface area contributed by atoms with Crippen LogP contribution in [0.3, 0.4) is 0 Å². The third kappa shape index (κ3) is 4.91. The van der Waals surface area contributed by atoms with Crippen molar-refractivity contribution in [3.63, 3.8) is 0 Å². The second-order valence-corrected chi connectivity index (χ2v) is 5.55. The molecule has 1 fully saturated rings. The zero-order valence-corrected chi connectivity index (χ0v) is 11.2. The van der Waals surface area contributed by atoms with Crippen molar-refractivity contribution in [2.45, 2.75) is 32.7 Å². The first-order chi connectivity index (χ1) is 7.91. The van der Waals surface area contributed by atoms with Gasteiger partial charge in [-0.25, -0.2) is 4.79 Å². The lowest BCUT2D eigenvalue weighted by Crippen LogP contribution is -2.47. The van der Waals surface area contributed by atoms with Crippen LogP contribution in [0, 0.1) is 0 Å². The summed E-state index contributed by atoms with van der Waals surface area (Å²) in [5, 5.41) is 12.5. The van der Waals surface area contributed by atoms with Gasteiger partial charge in [0.25, 0.3) is 0 Å². The fraction of sp³-hybridized carbons (Fsp3) is 0.917. The lowest BCUT2D eigenvalue weighted by Gasteiger charge is -2.34. The minimum Gasteiger partial charge on any atom is -0.465 e. The molecular formula is C12H25N3O2. The molecule has 0 spiro atoms. The van der Waals surface area contributed by atoms with Crippen LogP contribution in [0.15, 0.2) is 0 Å². The quantitative estimate of drug-likeness (QED) is 0.775. The summed E-state index contributed by atoms with van der Waals surface area (Å²) >= 11 is 0. The molecule has 0 bridgehead atoms. The number of piperazine rings is 1. The third-order valence-corrected chi connectivity index (χ3v) is 3.11. The highest BCUT2D eigenvalue weighted by molar-refractivity contribution is 5.65. The molecule has 0 aromatic heterocycles. The lowest BCUT2D eigenvalue weighted by atomic mass is 10.1. The molecule has 5 heteroatoms. The lowest BCUT2D eigenvalue weighted by molar-refractivity contribution is 0.0959. The zero-order chi connectivity index (χ0) is 12.9. The second kappa shape index (κ2) is 6.21. The summed E-state index contributed by atoms with van der Waals surface area (Å²) in [6.45, 7) is 11.6. The molecule has 1 saturated heterocycles. The van der Waals surface area contributed by atoms with Gasteiger partial charge in [0.2, 0.25) is 0 Å². The van der Waals surface area contributed by atoms with Crippen molar-refractivity contribution in [2.75, 3.05) is 39.3 Å². The fourth-order valence-electron chi connectivity index (χ4n) is 2.11. The van der Waals surface area contributed by atoms with E-state index in [1.807, 2.05) is 20.8 Å². The predicted molar refractivity (Wildman–Crippen MR) is 68.4 cm³/mol. The Morgan fingerprint density at radius 2 is 1.94 bits per heavy atom. The molecule has 0 saturated carbocycles. The Morgan fingerprint density at radius 1 is 1.35 bits per heavy atom. The minimum atomic E-state index is -0.821. The van der Waals surface area contributed by atoms with E-state index in [1.165, 1.54) is 4.90 Å². The van der Waals surface area contributed by atoms with Crippen molar-refractivity contribution >= 4 is 6.09 Å². The number of hydrogen-bond acceptors (Lipinski definition) is 3. The van der Waals surface area contributed by atoms with Crippen LogP contribution in [0.2, 0.25) is 0 Å². The number of rotatable bonds is 4. The summed E-state index contributed by atoms with van der Waals surface area (Å²) in [6.07, 6.45) is 0.0848. The van der Waals surface area contributed by atoms with E-state index in [0.717, 1.165) is 39.1 Å². The molecule has 0 unspecified atom stereocenters. The van der Waals surface area contributed by atoms with Gasteiger partial charge in [-0.2, -0.15) is 0 Å². The van der Waals surface area contributed by atoms with E-state index in [4.69, 9.17) is 5.11 Å². The highest BCUT2D eigenvalue weighted by Crippen LogP contribution is 2.13. The van der Waals surface area contributed by atoms with Gasteiger partial charge in [-0.1, -0.05) is 0 Å². The van der Waals surface area contributed by atoms with E-state index in [-0.39, 0.29) is 5.54 Å². The molecule has 0 radical (unpaired) electrons. The summed E-state index contributed by atoms with van der Waals surface area (Å²) in [6, 6.07) is 0. The average Bonchev–Trinajstić information content (AvgIpc) is 2.23. The summed E-state index contributed by atoms with van der Waals surface area (Å²) in [5.74, 6) is 0. The molecule has 0 aromatic rings. The third-order valence-electron chi connectivity index (χ3n) is 3.11. The molecule has 17 heavy (non-hydrogen) atoms. The largest absolute Gasteiger partial charge is 0.465 e. The number of nitrogens with zero attached hydrogens (tertiary/aromatic N) is 2. The van der Waals surface area contributed by atoms with E-state index < -0.39 is 6.09 Å². The van der Waals surface area contributed by atoms with Gasteiger partial charge in [0.15, 0.2) is 0 Å². The number of hydrogen-bond donors (Lipinski definition) is 2. The van der Waals surface area contributed by atoms with Crippen LogP contribution >= 0.6 is 0 Å². The van der Waals surface area contributed by atoms with E-state index in [2.05, 4.69) is 10.2 Å². The van der Waals surface area contributed by atoms with Crippen LogP contribution in [0.25, 0.3) is 0 Å². The van der Waals surface area contributed by atoms with E-state index in [9.17, 15) is 4.79 Å². The maximum Gasteiger partial charge on any atom is 0.407 e. The molecule has 0 aromatic carbocycles. The molecule has 1 heterocycles. The van der Waals surface area contributed by atoms with Gasteiger partial charge in [-0.15, -0.1) is 0 Å². The van der Waals surface area contributed by atoms with Gasteiger partial charge >= 0.3 is 6.09 Å². The van der Waals surface area contributed by atoms with Crippen molar-refractivity contribution in [3.8, 4) is 0 Å². The molecule has 1 amide bonds. The molecule has 100 valence electrons. The minimum absolute atomic E-state index is 0.310. The summed E-state index contributed by atoms with van der Waals surface area (Å²) < 4.78 is 0. The Hall–Kier alpha value is -0.810. The maximum atomic E-state index is 11.1. The number of carbonyl (C=O) groups is 1. The van der Waals surface area contributed by atoms with Gasteiger partial charge in [-0.3, -0.25) is 0 Å². The van der Waals surface area contributed by atoms with Gasteiger partial charge < -0.3 is 20.2 Å². The van der Waals surface area contributed by atoms with E-state index >= 15 is 0 Å². The van der Waals surface area contributed by atoms with Crippen molar-refractivity contribution in [1.29, 1.82) is 0 Å². The fourth-order valence-corrected chi connectivity index (χ4v) is 2.11. The summed E-state index contributed by atoms with van der Waals surface area (Å²) in [5.41, 5.74) is -0.310.